The van der Waals surface area contributed by atoms with Crippen LogP contribution in [0.25, 0.3) is 0 Å². The van der Waals surface area contributed by atoms with Crippen LogP contribution in [0.3, 0.4) is 0 Å². The second-order valence-electron chi connectivity index (χ2n) is 6.63. The Hall–Kier alpha value is -1.19. The van der Waals surface area contributed by atoms with Gasteiger partial charge in [0.25, 0.3) is 0 Å². The normalized spacial score (nSPS) is 13.2. The van der Waals surface area contributed by atoms with Gasteiger partial charge in [-0.3, -0.25) is 0 Å². The molecule has 0 N–H and O–H groups in total. The summed E-state index contributed by atoms with van der Waals surface area (Å²) >= 11 is 2.42. The van der Waals surface area contributed by atoms with Crippen molar-refractivity contribution in [1.82, 2.24) is 0 Å². The van der Waals surface area contributed by atoms with E-state index < -0.39 is 0 Å². The van der Waals surface area contributed by atoms with Gasteiger partial charge in [0.05, 0.1) is 0 Å². The van der Waals surface area contributed by atoms with Gasteiger partial charge < -0.3 is 9.80 Å². The van der Waals surface area contributed by atoms with Gasteiger partial charge in [0, 0.05) is 23.8 Å². The van der Waals surface area contributed by atoms with Crippen molar-refractivity contribution in [3.63, 3.8) is 0 Å². The number of aryl methyl sites for hydroxylation is 6. The van der Waals surface area contributed by atoms with Crippen LogP contribution in [-0.2, 0) is 20.0 Å². The van der Waals surface area contributed by atoms with Crippen molar-refractivity contribution >= 4 is 20.6 Å². The minimum absolute atomic E-state index is 1.22. The number of halogens is 1. The molecule has 2 aromatic rings. The van der Waals surface area contributed by atoms with Crippen LogP contribution in [0.15, 0.2) is 36.7 Å². The van der Waals surface area contributed by atoms with Crippen LogP contribution in [-0.4, -0.2) is 0 Å². The quantitative estimate of drug-likeness (QED) is 0.520. The van der Waals surface area contributed by atoms with Crippen molar-refractivity contribution in [2.24, 2.45) is 0 Å². The van der Waals surface area contributed by atoms with Gasteiger partial charge in [-0.2, -0.15) is 0 Å². The first kappa shape index (κ1) is 20.1. The summed E-state index contributed by atoms with van der Waals surface area (Å²) in [5.74, 6) is 0. The van der Waals surface area contributed by atoms with Crippen LogP contribution in [0.5, 0.6) is 0 Å². The molecular weight excluding hydrogens is 424 g/mol. The van der Waals surface area contributed by atoms with Gasteiger partial charge in [0.1, 0.15) is 0 Å². The third-order valence-electron chi connectivity index (χ3n) is 4.33. The molecule has 25 heavy (non-hydrogen) atoms. The first-order chi connectivity index (χ1) is 11.9. The Morgan fingerprint density at radius 3 is 1.20 bits per heavy atom. The molecule has 2 nitrogen and oxygen atoms in total. The molecule has 1 aliphatic heterocycles. The number of benzene rings is 2. The van der Waals surface area contributed by atoms with Crippen LogP contribution in [0.1, 0.15) is 33.4 Å². The molecule has 2 radical (unpaired) electrons. The number of nitrogens with zero attached hydrogens (tertiary/aromatic N) is 2. The van der Waals surface area contributed by atoms with Gasteiger partial charge in [-0.15, -0.1) is 0 Å². The van der Waals surface area contributed by atoms with E-state index >= 15 is 0 Å². The summed E-state index contributed by atoms with van der Waals surface area (Å²) < 4.78 is 0. The van der Waals surface area contributed by atoms with Crippen molar-refractivity contribution in [3.8, 4) is 0 Å². The van der Waals surface area contributed by atoms with Crippen LogP contribution in [0.4, 0.5) is 11.4 Å². The van der Waals surface area contributed by atoms with Gasteiger partial charge in [-0.1, -0.05) is 35.4 Å². The number of rotatable bonds is 2. The van der Waals surface area contributed by atoms with E-state index in [4.69, 9.17) is 0 Å². The van der Waals surface area contributed by atoms with E-state index in [9.17, 15) is 0 Å². The molecule has 2 aromatic carbocycles. The second kappa shape index (κ2) is 8.46. The fraction of sp³-hybridized carbons (Fsp3) is 0.286. The fourth-order valence-electron chi connectivity index (χ4n) is 3.67. The van der Waals surface area contributed by atoms with Gasteiger partial charge in [0.15, 0.2) is 0 Å². The standard InChI is InChI=1S/C21H24N2.Ag.ClH/c1-14-9-16(3)20(17(4)10-14)22-7-8-23(13-22)21-18(5)11-15(2)12-19(21)6;;/h7-12H,1-6H3;;1H/q;+1;/p-1. The number of hydrogen-bond donors (Lipinski definition) is 0. The molecule has 0 atom stereocenters. The van der Waals surface area contributed by atoms with E-state index in [1.165, 1.54) is 44.8 Å². The van der Waals surface area contributed by atoms with E-state index in [0.717, 1.165) is 0 Å². The molecule has 4 heteroatoms. The maximum atomic E-state index is 4.45. The van der Waals surface area contributed by atoms with Gasteiger partial charge in [0.2, 0.25) is 6.67 Å². The maximum absolute atomic E-state index is 4.45. The number of hydrogen-bond acceptors (Lipinski definition) is 2. The molecule has 136 valence electrons. The zero-order valence-corrected chi connectivity index (χ0v) is 17.8. The molecule has 0 aromatic heterocycles. The predicted molar refractivity (Wildman–Crippen MR) is 105 cm³/mol. The topological polar surface area (TPSA) is 6.48 Å². The molecule has 0 amide bonds. The molecule has 0 aliphatic carbocycles. The predicted octanol–water partition coefficient (Wildman–Crippen LogP) is 6.02. The Bertz CT molecular complexity index is 687. The Morgan fingerprint density at radius 1 is 0.640 bits per heavy atom. The van der Waals surface area contributed by atoms with Crippen LogP contribution in [0.2, 0.25) is 0 Å². The van der Waals surface area contributed by atoms with Gasteiger partial charge >= 0.3 is 29.2 Å². The Morgan fingerprint density at radius 2 is 0.920 bits per heavy atom. The molecular formula is C21H24AgClN2. The third kappa shape index (κ3) is 4.32. The monoisotopic (exact) mass is 446 g/mol. The van der Waals surface area contributed by atoms with Gasteiger partial charge in [-0.05, 0) is 63.8 Å². The molecule has 1 heterocycles. The Labute approximate surface area is 168 Å². The van der Waals surface area contributed by atoms with Crippen molar-refractivity contribution < 1.29 is 20.0 Å². The molecule has 0 fully saturated rings. The van der Waals surface area contributed by atoms with Crippen molar-refractivity contribution in [3.05, 3.63) is 76.7 Å². The number of anilines is 2. The first-order valence-corrected chi connectivity index (χ1v) is 10.1. The van der Waals surface area contributed by atoms with Crippen LogP contribution in [0, 0.1) is 48.2 Å². The molecule has 0 bridgehead atoms. The van der Waals surface area contributed by atoms with Crippen molar-refractivity contribution in [1.29, 1.82) is 0 Å². The summed E-state index contributed by atoms with van der Waals surface area (Å²) in [5, 5.41) is 0. The average molecular weight is 448 g/mol. The van der Waals surface area contributed by atoms with E-state index in [2.05, 4.69) is 124 Å². The zero-order valence-electron chi connectivity index (χ0n) is 15.5. The third-order valence-corrected chi connectivity index (χ3v) is 4.33. The average Bonchev–Trinajstić information content (AvgIpc) is 2.96. The second-order valence-corrected chi connectivity index (χ2v) is 6.63. The minimum atomic E-state index is 1.22. The summed E-state index contributed by atoms with van der Waals surface area (Å²) in [7, 11) is 4.45. The molecule has 0 spiro atoms. The summed E-state index contributed by atoms with van der Waals surface area (Å²) in [6.07, 6.45) is 4.17. The van der Waals surface area contributed by atoms with E-state index in [1.54, 1.807) is 0 Å². The van der Waals surface area contributed by atoms with E-state index in [-0.39, 0.29) is 0 Å². The van der Waals surface area contributed by atoms with Crippen LogP contribution < -0.4 is 9.80 Å². The van der Waals surface area contributed by atoms with Crippen LogP contribution >= 0.6 is 9.19 Å². The first-order valence-electron chi connectivity index (χ1n) is 8.17. The Balaban J connectivity index is 0.00000109. The van der Waals surface area contributed by atoms with E-state index in [1.807, 2.05) is 0 Å². The van der Waals surface area contributed by atoms with Crippen molar-refractivity contribution in [2.45, 2.75) is 41.5 Å². The molecule has 0 saturated carbocycles. The fourth-order valence-corrected chi connectivity index (χ4v) is 3.67. The summed E-state index contributed by atoms with van der Waals surface area (Å²) in [6, 6.07) is 8.90. The zero-order chi connectivity index (χ0) is 18.7. The summed E-state index contributed by atoms with van der Waals surface area (Å²) in [5.41, 5.74) is 10.1. The van der Waals surface area contributed by atoms with E-state index in [0.29, 0.717) is 0 Å². The molecule has 0 saturated heterocycles. The van der Waals surface area contributed by atoms with Crippen molar-refractivity contribution in [2.75, 3.05) is 9.80 Å². The molecule has 1 aliphatic rings. The molecule has 0 unspecified atom stereocenters. The SMILES string of the molecule is Cc1cc(C)c(N2[C]N(c3c(C)cc(C)cc3C)C=C2)c(C)c1.[Cl][Ag]. The molecule has 3 rings (SSSR count). The summed E-state index contributed by atoms with van der Waals surface area (Å²) in [6.45, 7) is 16.4. The van der Waals surface area contributed by atoms with Gasteiger partial charge in [-0.25, -0.2) is 0 Å². The Kier molecular flexibility index (Phi) is 6.81. The summed E-state index contributed by atoms with van der Waals surface area (Å²) in [4.78, 5) is 4.20.